The van der Waals surface area contributed by atoms with Gasteiger partial charge in [0.15, 0.2) is 11.5 Å². The maximum absolute atomic E-state index is 12.1. The second-order valence-electron chi connectivity index (χ2n) is 3.65. The predicted octanol–water partition coefficient (Wildman–Crippen LogP) is 1.64. The maximum Gasteiger partial charge on any atom is 0.206 e. The Balaban J connectivity index is 2.54. The standard InChI is InChI=1S/C12H10O5S/c13-8-1-3-9(4-2-8)18(16,17)10-5-6-11(14)12(15)7-10/h1-7,13-15H. The lowest BCUT2D eigenvalue weighted by molar-refractivity contribution is 0.402. The number of phenolic OH excluding ortho intramolecular Hbond substituents is 3. The average molecular weight is 266 g/mol. The van der Waals surface area contributed by atoms with Crippen LogP contribution in [0.4, 0.5) is 0 Å². The lowest BCUT2D eigenvalue weighted by atomic mass is 10.3. The van der Waals surface area contributed by atoms with Gasteiger partial charge < -0.3 is 15.3 Å². The van der Waals surface area contributed by atoms with Crippen molar-refractivity contribution in [3.63, 3.8) is 0 Å². The van der Waals surface area contributed by atoms with Crippen LogP contribution in [-0.2, 0) is 9.84 Å². The summed E-state index contributed by atoms with van der Waals surface area (Å²) in [5, 5.41) is 27.5. The number of hydrogen-bond acceptors (Lipinski definition) is 5. The highest BCUT2D eigenvalue weighted by atomic mass is 32.2. The van der Waals surface area contributed by atoms with E-state index in [1.54, 1.807) is 0 Å². The van der Waals surface area contributed by atoms with Gasteiger partial charge in [-0.15, -0.1) is 0 Å². The van der Waals surface area contributed by atoms with Gasteiger partial charge in [-0.05, 0) is 36.4 Å². The SMILES string of the molecule is O=S(=O)(c1ccc(O)cc1)c1ccc(O)c(O)c1. The molecule has 0 atom stereocenters. The van der Waals surface area contributed by atoms with Crippen molar-refractivity contribution in [2.24, 2.45) is 0 Å². The van der Waals surface area contributed by atoms with Crippen molar-refractivity contribution >= 4 is 9.84 Å². The first-order valence-corrected chi connectivity index (χ1v) is 6.45. The Labute approximate surface area is 103 Å². The predicted molar refractivity (Wildman–Crippen MR) is 63.3 cm³/mol. The zero-order valence-electron chi connectivity index (χ0n) is 9.11. The number of benzene rings is 2. The summed E-state index contributed by atoms with van der Waals surface area (Å²) in [6.45, 7) is 0. The van der Waals surface area contributed by atoms with E-state index < -0.39 is 15.6 Å². The van der Waals surface area contributed by atoms with E-state index in [1.807, 2.05) is 0 Å². The van der Waals surface area contributed by atoms with E-state index in [2.05, 4.69) is 0 Å². The molecule has 5 nitrogen and oxygen atoms in total. The summed E-state index contributed by atoms with van der Waals surface area (Å²) in [7, 11) is -3.78. The third-order valence-electron chi connectivity index (χ3n) is 2.40. The van der Waals surface area contributed by atoms with Crippen molar-refractivity contribution in [2.75, 3.05) is 0 Å². The molecule has 0 bridgehead atoms. The summed E-state index contributed by atoms with van der Waals surface area (Å²) in [4.78, 5) is -0.145. The first kappa shape index (κ1) is 12.3. The van der Waals surface area contributed by atoms with Crippen LogP contribution >= 0.6 is 0 Å². The Bertz CT molecular complexity index is 674. The molecule has 0 aliphatic rings. The van der Waals surface area contributed by atoms with Gasteiger partial charge in [0.05, 0.1) is 9.79 Å². The van der Waals surface area contributed by atoms with E-state index in [0.29, 0.717) is 0 Å². The van der Waals surface area contributed by atoms with Crippen molar-refractivity contribution in [3.8, 4) is 17.2 Å². The minimum Gasteiger partial charge on any atom is -0.508 e. The molecular weight excluding hydrogens is 256 g/mol. The molecule has 18 heavy (non-hydrogen) atoms. The molecule has 2 rings (SSSR count). The molecule has 3 N–H and O–H groups in total. The Kier molecular flexibility index (Phi) is 2.88. The van der Waals surface area contributed by atoms with Crippen LogP contribution in [0.15, 0.2) is 52.3 Å². The number of rotatable bonds is 2. The second kappa shape index (κ2) is 4.23. The molecule has 0 saturated carbocycles. The fourth-order valence-corrected chi connectivity index (χ4v) is 2.71. The quantitative estimate of drug-likeness (QED) is 0.718. The van der Waals surface area contributed by atoms with E-state index in [-0.39, 0.29) is 21.3 Å². The normalized spacial score (nSPS) is 11.3. The first-order chi connectivity index (χ1) is 8.41. The minimum absolute atomic E-state index is 0.00890. The van der Waals surface area contributed by atoms with Crippen LogP contribution in [0.1, 0.15) is 0 Å². The molecule has 0 radical (unpaired) electrons. The molecule has 0 spiro atoms. The van der Waals surface area contributed by atoms with Crippen LogP contribution < -0.4 is 0 Å². The minimum atomic E-state index is -3.78. The van der Waals surface area contributed by atoms with Gasteiger partial charge in [-0.1, -0.05) is 0 Å². The fourth-order valence-electron chi connectivity index (χ4n) is 1.43. The van der Waals surface area contributed by atoms with E-state index in [1.165, 1.54) is 30.3 Å². The summed E-state index contributed by atoms with van der Waals surface area (Å²) in [6, 6.07) is 8.29. The number of phenols is 3. The van der Waals surface area contributed by atoms with Crippen LogP contribution in [-0.4, -0.2) is 23.7 Å². The summed E-state index contributed by atoms with van der Waals surface area (Å²) in [5.41, 5.74) is 0. The third kappa shape index (κ3) is 2.10. The van der Waals surface area contributed by atoms with E-state index in [4.69, 9.17) is 10.2 Å². The summed E-state index contributed by atoms with van der Waals surface area (Å²) >= 11 is 0. The van der Waals surface area contributed by atoms with Crippen LogP contribution in [0.3, 0.4) is 0 Å². The van der Waals surface area contributed by atoms with Gasteiger partial charge in [-0.3, -0.25) is 0 Å². The van der Waals surface area contributed by atoms with Gasteiger partial charge >= 0.3 is 0 Å². The average Bonchev–Trinajstić information content (AvgIpc) is 2.33. The molecule has 0 heterocycles. The van der Waals surface area contributed by atoms with Crippen LogP contribution in [0, 0.1) is 0 Å². The molecule has 0 saturated heterocycles. The zero-order chi connectivity index (χ0) is 13.3. The molecule has 6 heteroatoms. The van der Waals surface area contributed by atoms with Crippen molar-refractivity contribution < 1.29 is 23.7 Å². The highest BCUT2D eigenvalue weighted by Crippen LogP contribution is 2.30. The number of aromatic hydroxyl groups is 3. The zero-order valence-corrected chi connectivity index (χ0v) is 9.92. The van der Waals surface area contributed by atoms with E-state index >= 15 is 0 Å². The molecule has 2 aromatic rings. The molecule has 0 aliphatic heterocycles. The van der Waals surface area contributed by atoms with Gasteiger partial charge in [0, 0.05) is 6.07 Å². The molecule has 94 valence electrons. The lowest BCUT2D eigenvalue weighted by Crippen LogP contribution is -2.01. The van der Waals surface area contributed by atoms with Gasteiger partial charge in [0.25, 0.3) is 0 Å². The summed E-state index contributed by atoms with van der Waals surface area (Å²) < 4.78 is 24.3. The molecule has 0 aromatic heterocycles. The van der Waals surface area contributed by atoms with Crippen molar-refractivity contribution in [1.82, 2.24) is 0 Å². The molecule has 0 fully saturated rings. The van der Waals surface area contributed by atoms with Crippen LogP contribution in [0.25, 0.3) is 0 Å². The van der Waals surface area contributed by atoms with Gasteiger partial charge in [0.1, 0.15) is 5.75 Å². The van der Waals surface area contributed by atoms with Gasteiger partial charge in [-0.25, -0.2) is 8.42 Å². The van der Waals surface area contributed by atoms with E-state index in [0.717, 1.165) is 12.1 Å². The second-order valence-corrected chi connectivity index (χ2v) is 5.60. The van der Waals surface area contributed by atoms with Crippen molar-refractivity contribution in [2.45, 2.75) is 9.79 Å². The number of hydrogen-bond donors (Lipinski definition) is 3. The third-order valence-corrected chi connectivity index (χ3v) is 4.17. The summed E-state index contributed by atoms with van der Waals surface area (Å²) in [5.74, 6) is -0.933. The topological polar surface area (TPSA) is 94.8 Å². The maximum atomic E-state index is 12.1. The van der Waals surface area contributed by atoms with Crippen molar-refractivity contribution in [1.29, 1.82) is 0 Å². The monoisotopic (exact) mass is 266 g/mol. The fraction of sp³-hybridized carbons (Fsp3) is 0. The Hall–Kier alpha value is -2.21. The largest absolute Gasteiger partial charge is 0.508 e. The van der Waals surface area contributed by atoms with Crippen LogP contribution in [0.2, 0.25) is 0 Å². The van der Waals surface area contributed by atoms with Crippen molar-refractivity contribution in [3.05, 3.63) is 42.5 Å². The smallest absolute Gasteiger partial charge is 0.206 e. The lowest BCUT2D eigenvalue weighted by Gasteiger charge is -2.06. The Morgan fingerprint density at radius 3 is 1.83 bits per heavy atom. The highest BCUT2D eigenvalue weighted by molar-refractivity contribution is 7.91. The van der Waals surface area contributed by atoms with Gasteiger partial charge in [-0.2, -0.15) is 0 Å². The first-order valence-electron chi connectivity index (χ1n) is 4.97. The Morgan fingerprint density at radius 1 is 0.722 bits per heavy atom. The van der Waals surface area contributed by atoms with Crippen LogP contribution in [0.5, 0.6) is 17.2 Å². The van der Waals surface area contributed by atoms with Gasteiger partial charge in [0.2, 0.25) is 9.84 Å². The molecule has 0 aliphatic carbocycles. The number of sulfone groups is 1. The highest BCUT2D eigenvalue weighted by Gasteiger charge is 2.18. The molecule has 0 amide bonds. The molecule has 0 unspecified atom stereocenters. The molecule has 2 aromatic carbocycles. The Morgan fingerprint density at radius 2 is 1.28 bits per heavy atom. The van der Waals surface area contributed by atoms with E-state index in [9.17, 15) is 13.5 Å². The molecular formula is C12H10O5S. The summed E-state index contributed by atoms with van der Waals surface area (Å²) in [6.07, 6.45) is 0.